The van der Waals surface area contributed by atoms with Crippen molar-refractivity contribution in [2.75, 3.05) is 13.7 Å². The highest BCUT2D eigenvalue weighted by atomic mass is 16.6. The smallest absolute Gasteiger partial charge is 0.319 e. The van der Waals surface area contributed by atoms with Crippen molar-refractivity contribution in [2.24, 2.45) is 0 Å². The van der Waals surface area contributed by atoms with Gasteiger partial charge >= 0.3 is 5.97 Å². The van der Waals surface area contributed by atoms with E-state index in [0.29, 0.717) is 6.42 Å². The number of carbonyl (C=O) groups excluding carboxylic acids is 2. The van der Waals surface area contributed by atoms with Crippen molar-refractivity contribution in [3.8, 4) is 0 Å². The van der Waals surface area contributed by atoms with Crippen molar-refractivity contribution in [2.45, 2.75) is 32.1 Å². The number of methoxy groups -OCH3 is 1. The largest absolute Gasteiger partial charge is 0.468 e. The number of nitrogens with one attached hydrogen (secondary N) is 1. The molecule has 1 N–H and O–H groups in total. The molecule has 1 aromatic carbocycles. The summed E-state index contributed by atoms with van der Waals surface area (Å²) in [5, 5.41) is 2.97. The molecule has 5 heteroatoms. The lowest BCUT2D eigenvalue weighted by atomic mass is 10.0. The van der Waals surface area contributed by atoms with Gasteiger partial charge in [0.2, 0.25) is 0 Å². The van der Waals surface area contributed by atoms with E-state index >= 15 is 0 Å². The number of hydrogen-bond donors (Lipinski definition) is 1. The van der Waals surface area contributed by atoms with Crippen LogP contribution in [0.3, 0.4) is 0 Å². The molecular weight excluding hydrogens is 258 g/mol. The molecule has 0 radical (unpaired) electrons. The van der Waals surface area contributed by atoms with Gasteiger partial charge in [-0.05, 0) is 18.1 Å². The summed E-state index contributed by atoms with van der Waals surface area (Å²) in [5.41, 5.74) is 2.16. The molecule has 2 unspecified atom stereocenters. The lowest BCUT2D eigenvalue weighted by molar-refractivity contribution is -0.139. The summed E-state index contributed by atoms with van der Waals surface area (Å²) in [7, 11) is 1.36. The first-order chi connectivity index (χ1) is 9.58. The number of hydrogen-bond acceptors (Lipinski definition) is 5. The quantitative estimate of drug-likeness (QED) is 0.591. The standard InChI is InChI=1S/C15H19NO4/c1-10(17)6-11-4-3-5-12(7-11)8-13-15(20-13)16-9-14(18)19-2/h3-5,7,13,15-16H,6,8-9H2,1-2H3. The van der Waals surface area contributed by atoms with Gasteiger partial charge in [0.05, 0.1) is 13.7 Å². The van der Waals surface area contributed by atoms with E-state index in [1.807, 2.05) is 24.3 Å². The number of ether oxygens (including phenoxy) is 2. The molecule has 0 aliphatic carbocycles. The lowest BCUT2D eigenvalue weighted by Crippen LogP contribution is -2.28. The average molecular weight is 277 g/mol. The highest BCUT2D eigenvalue weighted by Gasteiger charge is 2.38. The minimum atomic E-state index is -0.303. The minimum absolute atomic E-state index is 0.0761. The lowest BCUT2D eigenvalue weighted by Gasteiger charge is -2.03. The Morgan fingerprint density at radius 1 is 1.35 bits per heavy atom. The first-order valence-corrected chi connectivity index (χ1v) is 6.61. The summed E-state index contributed by atoms with van der Waals surface area (Å²) in [6.07, 6.45) is 1.21. The number of epoxide rings is 1. The van der Waals surface area contributed by atoms with Crippen LogP contribution in [-0.2, 0) is 31.9 Å². The molecule has 1 saturated heterocycles. The molecule has 20 heavy (non-hydrogen) atoms. The number of ketones is 1. The van der Waals surface area contributed by atoms with Gasteiger partial charge in [0.25, 0.3) is 0 Å². The third-order valence-electron chi connectivity index (χ3n) is 3.14. The van der Waals surface area contributed by atoms with Crippen LogP contribution in [0.1, 0.15) is 18.1 Å². The van der Waals surface area contributed by atoms with Crippen LogP contribution in [0.15, 0.2) is 24.3 Å². The molecule has 0 bridgehead atoms. The predicted octanol–water partition coefficient (Wildman–Crippen LogP) is 0.848. The summed E-state index contributed by atoms with van der Waals surface area (Å²) in [6.45, 7) is 1.74. The maximum atomic E-state index is 11.1. The second-order valence-electron chi connectivity index (χ2n) is 4.96. The maximum absolute atomic E-state index is 11.1. The van der Waals surface area contributed by atoms with Gasteiger partial charge in [-0.25, -0.2) is 0 Å². The van der Waals surface area contributed by atoms with Crippen LogP contribution in [0.2, 0.25) is 0 Å². The monoisotopic (exact) mass is 277 g/mol. The van der Waals surface area contributed by atoms with Gasteiger partial charge in [0.1, 0.15) is 18.1 Å². The zero-order valence-electron chi connectivity index (χ0n) is 11.7. The number of Topliss-reactive ketones (excluding diaryl/α,β-unsaturated/α-hetero) is 1. The molecule has 0 spiro atoms. The zero-order chi connectivity index (χ0) is 14.5. The molecule has 2 atom stereocenters. The predicted molar refractivity (Wildman–Crippen MR) is 73.2 cm³/mol. The van der Waals surface area contributed by atoms with Crippen molar-refractivity contribution in [3.63, 3.8) is 0 Å². The molecular formula is C15H19NO4. The fraction of sp³-hybridized carbons (Fsp3) is 0.467. The Hall–Kier alpha value is -1.72. The van der Waals surface area contributed by atoms with Crippen molar-refractivity contribution >= 4 is 11.8 Å². The summed E-state index contributed by atoms with van der Waals surface area (Å²) in [5.74, 6) is -0.148. The molecule has 1 fully saturated rings. The van der Waals surface area contributed by atoms with Gasteiger partial charge in [-0.1, -0.05) is 24.3 Å². The van der Waals surface area contributed by atoms with Gasteiger partial charge < -0.3 is 9.47 Å². The van der Waals surface area contributed by atoms with E-state index in [0.717, 1.165) is 17.5 Å². The van der Waals surface area contributed by atoms with Gasteiger partial charge in [-0.2, -0.15) is 0 Å². The molecule has 2 rings (SSSR count). The summed E-state index contributed by atoms with van der Waals surface area (Å²) in [4.78, 5) is 22.1. The van der Waals surface area contributed by atoms with Crippen LogP contribution < -0.4 is 5.32 Å². The van der Waals surface area contributed by atoms with E-state index in [9.17, 15) is 9.59 Å². The topological polar surface area (TPSA) is 67.9 Å². The Bertz CT molecular complexity index is 500. The molecule has 5 nitrogen and oxygen atoms in total. The van der Waals surface area contributed by atoms with E-state index < -0.39 is 0 Å². The highest BCUT2D eigenvalue weighted by molar-refractivity contribution is 5.78. The molecule has 1 aromatic rings. The molecule has 108 valence electrons. The Morgan fingerprint density at radius 2 is 2.10 bits per heavy atom. The Kier molecular flexibility index (Phi) is 4.87. The average Bonchev–Trinajstić information content (AvgIpc) is 3.13. The highest BCUT2D eigenvalue weighted by Crippen LogP contribution is 2.24. The molecule has 0 amide bonds. The third kappa shape index (κ3) is 4.43. The van der Waals surface area contributed by atoms with Crippen LogP contribution >= 0.6 is 0 Å². The van der Waals surface area contributed by atoms with Gasteiger partial charge in [-0.3, -0.25) is 14.9 Å². The number of rotatable bonds is 7. The summed E-state index contributed by atoms with van der Waals surface area (Å²) >= 11 is 0. The first-order valence-electron chi connectivity index (χ1n) is 6.61. The zero-order valence-corrected chi connectivity index (χ0v) is 11.7. The van der Waals surface area contributed by atoms with Crippen LogP contribution in [0, 0.1) is 0 Å². The number of benzene rings is 1. The molecule has 1 aliphatic rings. The van der Waals surface area contributed by atoms with Crippen molar-refractivity contribution < 1.29 is 19.1 Å². The summed E-state index contributed by atoms with van der Waals surface area (Å²) < 4.78 is 10.00. The Morgan fingerprint density at radius 3 is 2.80 bits per heavy atom. The first kappa shape index (κ1) is 14.7. The second kappa shape index (κ2) is 6.63. The Labute approximate surface area is 118 Å². The fourth-order valence-electron chi connectivity index (χ4n) is 2.12. The van der Waals surface area contributed by atoms with E-state index in [-0.39, 0.29) is 30.6 Å². The maximum Gasteiger partial charge on any atom is 0.319 e. The number of carbonyl (C=O) groups is 2. The minimum Gasteiger partial charge on any atom is -0.468 e. The SMILES string of the molecule is COC(=O)CNC1OC1Cc1cccc(CC(C)=O)c1. The van der Waals surface area contributed by atoms with Gasteiger partial charge in [-0.15, -0.1) is 0 Å². The second-order valence-corrected chi connectivity index (χ2v) is 4.96. The molecule has 0 saturated carbocycles. The molecule has 1 heterocycles. The van der Waals surface area contributed by atoms with Gasteiger partial charge in [0.15, 0.2) is 0 Å². The van der Waals surface area contributed by atoms with Crippen LogP contribution in [0.25, 0.3) is 0 Å². The van der Waals surface area contributed by atoms with E-state index in [1.54, 1.807) is 6.92 Å². The van der Waals surface area contributed by atoms with Crippen LogP contribution in [0.4, 0.5) is 0 Å². The number of esters is 1. The third-order valence-corrected chi connectivity index (χ3v) is 3.14. The molecule has 0 aromatic heterocycles. The van der Waals surface area contributed by atoms with E-state index in [1.165, 1.54) is 7.11 Å². The van der Waals surface area contributed by atoms with Crippen molar-refractivity contribution in [1.29, 1.82) is 0 Å². The van der Waals surface area contributed by atoms with Crippen molar-refractivity contribution in [1.82, 2.24) is 5.32 Å². The fourth-order valence-corrected chi connectivity index (χ4v) is 2.12. The van der Waals surface area contributed by atoms with Crippen molar-refractivity contribution in [3.05, 3.63) is 35.4 Å². The van der Waals surface area contributed by atoms with Crippen LogP contribution in [0.5, 0.6) is 0 Å². The van der Waals surface area contributed by atoms with Gasteiger partial charge in [0, 0.05) is 12.8 Å². The normalized spacial score (nSPS) is 20.5. The molecule has 1 aliphatic heterocycles. The summed E-state index contributed by atoms with van der Waals surface area (Å²) in [6, 6.07) is 7.95. The van der Waals surface area contributed by atoms with Crippen LogP contribution in [-0.4, -0.2) is 37.7 Å². The van der Waals surface area contributed by atoms with E-state index in [2.05, 4.69) is 10.1 Å². The van der Waals surface area contributed by atoms with E-state index in [4.69, 9.17) is 4.74 Å². The Balaban J connectivity index is 1.80.